The average molecular weight is 330 g/mol. The molecule has 1 saturated heterocycles. The van der Waals surface area contributed by atoms with E-state index in [1.54, 1.807) is 5.10 Å². The molecule has 2 rings (SSSR count). The molecular formula is C10H15ClF3N5O2. The number of anilines is 1. The van der Waals surface area contributed by atoms with Gasteiger partial charge in [-0.25, -0.2) is 0 Å². The van der Waals surface area contributed by atoms with Crippen LogP contribution in [0.15, 0.2) is 0 Å². The van der Waals surface area contributed by atoms with Gasteiger partial charge in [0, 0.05) is 7.11 Å². The number of nitrogens with one attached hydrogen (secondary N) is 3. The number of rotatable bonds is 3. The van der Waals surface area contributed by atoms with Crippen LogP contribution < -0.4 is 10.6 Å². The number of aromatic nitrogens is 3. The fourth-order valence-electron chi connectivity index (χ4n) is 2.01. The monoisotopic (exact) mass is 329 g/mol. The highest BCUT2D eigenvalue weighted by atomic mass is 35.5. The molecule has 0 radical (unpaired) electrons. The minimum atomic E-state index is -4.64. The van der Waals surface area contributed by atoms with Crippen LogP contribution in [-0.4, -0.2) is 46.9 Å². The molecule has 1 amide bonds. The summed E-state index contributed by atoms with van der Waals surface area (Å²) in [6.45, 7) is 1.17. The minimum absolute atomic E-state index is 0. The highest BCUT2D eigenvalue weighted by Gasteiger charge is 2.41. The first-order valence-corrected chi connectivity index (χ1v) is 5.94. The first kappa shape index (κ1) is 17.7. The molecule has 1 aliphatic heterocycles. The zero-order valence-electron chi connectivity index (χ0n) is 11.1. The predicted octanol–water partition coefficient (Wildman–Crippen LogP) is 0.952. The molecular weight excluding hydrogens is 315 g/mol. The number of alkyl halides is 3. The van der Waals surface area contributed by atoms with Crippen molar-refractivity contribution in [3.8, 4) is 0 Å². The predicted molar refractivity (Wildman–Crippen MR) is 69.1 cm³/mol. The van der Waals surface area contributed by atoms with E-state index in [1.165, 1.54) is 7.11 Å². The van der Waals surface area contributed by atoms with Crippen LogP contribution in [0.25, 0.3) is 0 Å². The molecule has 1 fully saturated rings. The number of amides is 1. The van der Waals surface area contributed by atoms with E-state index in [9.17, 15) is 18.0 Å². The number of aromatic amines is 1. The maximum Gasteiger partial charge on any atom is 0.451 e. The normalized spacial score (nSPS) is 17.9. The van der Waals surface area contributed by atoms with E-state index < -0.39 is 29.5 Å². The summed E-state index contributed by atoms with van der Waals surface area (Å²) in [6.07, 6.45) is -3.79. The molecule has 0 atom stereocenters. The lowest BCUT2D eigenvalue weighted by molar-refractivity contribution is -0.145. The molecule has 1 aromatic heterocycles. The van der Waals surface area contributed by atoms with Crippen molar-refractivity contribution in [3.05, 3.63) is 5.82 Å². The molecule has 0 unspecified atom stereocenters. The number of halogens is 4. The molecule has 3 N–H and O–H groups in total. The van der Waals surface area contributed by atoms with Crippen molar-refractivity contribution in [2.24, 2.45) is 0 Å². The topological polar surface area (TPSA) is 91.9 Å². The second-order valence-electron chi connectivity index (χ2n) is 4.41. The van der Waals surface area contributed by atoms with Gasteiger partial charge in [0.25, 0.3) is 5.91 Å². The van der Waals surface area contributed by atoms with Crippen molar-refractivity contribution < 1.29 is 22.7 Å². The quantitative estimate of drug-likeness (QED) is 0.768. The molecule has 7 nitrogen and oxygen atoms in total. The molecule has 0 bridgehead atoms. The summed E-state index contributed by atoms with van der Waals surface area (Å²) < 4.78 is 42.3. The molecule has 21 heavy (non-hydrogen) atoms. The molecule has 120 valence electrons. The minimum Gasteiger partial charge on any atom is -0.368 e. The maximum atomic E-state index is 12.4. The van der Waals surface area contributed by atoms with Gasteiger partial charge in [-0.3, -0.25) is 15.2 Å². The van der Waals surface area contributed by atoms with Gasteiger partial charge in [-0.2, -0.15) is 18.2 Å². The van der Waals surface area contributed by atoms with Crippen molar-refractivity contribution in [1.82, 2.24) is 20.5 Å². The third kappa shape index (κ3) is 3.83. The van der Waals surface area contributed by atoms with Crippen molar-refractivity contribution in [1.29, 1.82) is 0 Å². The summed E-state index contributed by atoms with van der Waals surface area (Å²) >= 11 is 0. The number of carbonyl (C=O) groups is 1. The van der Waals surface area contributed by atoms with Gasteiger partial charge < -0.3 is 10.1 Å². The van der Waals surface area contributed by atoms with Crippen molar-refractivity contribution in [2.45, 2.75) is 24.6 Å². The van der Waals surface area contributed by atoms with Gasteiger partial charge in [0.15, 0.2) is 0 Å². The van der Waals surface area contributed by atoms with E-state index >= 15 is 0 Å². The van der Waals surface area contributed by atoms with E-state index in [0.29, 0.717) is 25.9 Å². The van der Waals surface area contributed by atoms with Gasteiger partial charge in [-0.15, -0.1) is 17.5 Å². The SMILES string of the molecule is COC1(C(=O)Nc2n[nH]c(C(F)(F)F)n2)CCNCC1.Cl. The number of H-pyrrole nitrogens is 1. The number of hydrogen-bond donors (Lipinski definition) is 3. The summed E-state index contributed by atoms with van der Waals surface area (Å²) in [5.41, 5.74) is -1.07. The van der Waals surface area contributed by atoms with Crippen LogP contribution in [0.1, 0.15) is 18.7 Å². The second kappa shape index (κ2) is 6.58. The van der Waals surface area contributed by atoms with Crippen molar-refractivity contribution in [2.75, 3.05) is 25.5 Å². The Morgan fingerprint density at radius 3 is 2.48 bits per heavy atom. The zero-order chi connectivity index (χ0) is 14.8. The van der Waals surface area contributed by atoms with Crippen LogP contribution in [0.5, 0.6) is 0 Å². The van der Waals surface area contributed by atoms with Crippen LogP contribution in [-0.2, 0) is 15.7 Å². The van der Waals surface area contributed by atoms with Gasteiger partial charge in [0.2, 0.25) is 11.8 Å². The van der Waals surface area contributed by atoms with Crippen LogP contribution in [0.3, 0.4) is 0 Å². The van der Waals surface area contributed by atoms with Crippen LogP contribution in [0.4, 0.5) is 19.1 Å². The lowest BCUT2D eigenvalue weighted by atomic mass is 9.91. The van der Waals surface area contributed by atoms with Crippen LogP contribution in [0.2, 0.25) is 0 Å². The van der Waals surface area contributed by atoms with E-state index in [-0.39, 0.29) is 12.4 Å². The molecule has 1 aliphatic rings. The molecule has 0 aliphatic carbocycles. The number of piperidine rings is 1. The smallest absolute Gasteiger partial charge is 0.368 e. The first-order valence-electron chi connectivity index (χ1n) is 5.94. The third-order valence-corrected chi connectivity index (χ3v) is 3.20. The number of methoxy groups -OCH3 is 1. The van der Waals surface area contributed by atoms with Crippen molar-refractivity contribution >= 4 is 24.3 Å². The fraction of sp³-hybridized carbons (Fsp3) is 0.700. The number of ether oxygens (including phenoxy) is 1. The average Bonchev–Trinajstić information content (AvgIpc) is 2.88. The summed E-state index contributed by atoms with van der Waals surface area (Å²) in [5.74, 6) is -2.23. The number of carbonyl (C=O) groups excluding carboxylic acids is 1. The van der Waals surface area contributed by atoms with Gasteiger partial charge in [-0.1, -0.05) is 0 Å². The Kier molecular flexibility index (Phi) is 5.54. The molecule has 0 aromatic carbocycles. The molecule has 2 heterocycles. The highest BCUT2D eigenvalue weighted by Crippen LogP contribution is 2.27. The highest BCUT2D eigenvalue weighted by molar-refractivity contribution is 5.96. The molecule has 1 aromatic rings. The Bertz CT molecular complexity index is 487. The summed E-state index contributed by atoms with van der Waals surface area (Å²) in [4.78, 5) is 15.3. The standard InChI is InChI=1S/C10H14F3N5O2.ClH/c1-20-9(2-4-14-5-3-9)7(19)16-8-15-6(17-18-8)10(11,12)13;/h14H,2-5H2,1H3,(H2,15,16,17,18,19);1H. The van der Waals surface area contributed by atoms with Gasteiger partial charge in [0.05, 0.1) is 0 Å². The maximum absolute atomic E-state index is 12.4. The summed E-state index contributed by atoms with van der Waals surface area (Å²) in [6, 6.07) is 0. The Morgan fingerprint density at radius 2 is 2.00 bits per heavy atom. The molecule has 0 saturated carbocycles. The zero-order valence-corrected chi connectivity index (χ0v) is 11.9. The Hall–Kier alpha value is -1.39. The van der Waals surface area contributed by atoms with Crippen LogP contribution in [0, 0.1) is 0 Å². The fourth-order valence-corrected chi connectivity index (χ4v) is 2.01. The summed E-state index contributed by atoms with van der Waals surface area (Å²) in [7, 11) is 1.39. The second-order valence-corrected chi connectivity index (χ2v) is 4.41. The third-order valence-electron chi connectivity index (χ3n) is 3.20. The number of hydrogen-bond acceptors (Lipinski definition) is 5. The Morgan fingerprint density at radius 1 is 1.38 bits per heavy atom. The Balaban J connectivity index is 0.00000220. The molecule has 0 spiro atoms. The molecule has 11 heteroatoms. The number of nitrogens with zero attached hydrogens (tertiary/aromatic N) is 2. The summed E-state index contributed by atoms with van der Waals surface area (Å²) in [5, 5.41) is 10.4. The van der Waals surface area contributed by atoms with E-state index in [4.69, 9.17) is 4.74 Å². The lowest BCUT2D eigenvalue weighted by Crippen LogP contribution is -2.51. The first-order chi connectivity index (χ1) is 9.37. The lowest BCUT2D eigenvalue weighted by Gasteiger charge is -2.34. The van der Waals surface area contributed by atoms with E-state index in [2.05, 4.69) is 20.7 Å². The largest absolute Gasteiger partial charge is 0.451 e. The van der Waals surface area contributed by atoms with Gasteiger partial charge >= 0.3 is 6.18 Å². The van der Waals surface area contributed by atoms with E-state index in [0.717, 1.165) is 0 Å². The Labute approximate surface area is 124 Å². The van der Waals surface area contributed by atoms with Crippen LogP contribution >= 0.6 is 12.4 Å². The van der Waals surface area contributed by atoms with Gasteiger partial charge in [-0.05, 0) is 25.9 Å². The van der Waals surface area contributed by atoms with E-state index in [1.807, 2.05) is 0 Å². The van der Waals surface area contributed by atoms with Gasteiger partial charge in [0.1, 0.15) is 5.60 Å². The van der Waals surface area contributed by atoms with Crippen molar-refractivity contribution in [3.63, 3.8) is 0 Å².